The number of carbonyl (C=O) groups is 2. The van der Waals surface area contributed by atoms with E-state index in [2.05, 4.69) is 5.32 Å². The predicted molar refractivity (Wildman–Crippen MR) is 66.2 cm³/mol. The number of rotatable bonds is 5. The maximum absolute atomic E-state index is 13.4. The largest absolute Gasteiger partial charge is 0.368 e. The van der Waals surface area contributed by atoms with Crippen molar-refractivity contribution >= 4 is 11.8 Å². The predicted octanol–water partition coefficient (Wildman–Crippen LogP) is 1.10. The van der Waals surface area contributed by atoms with Gasteiger partial charge in [0.15, 0.2) is 0 Å². The van der Waals surface area contributed by atoms with Gasteiger partial charge in [0.2, 0.25) is 5.91 Å². The number of amides is 2. The van der Waals surface area contributed by atoms with Crippen molar-refractivity contribution in [3.05, 3.63) is 35.4 Å². The van der Waals surface area contributed by atoms with Crippen LogP contribution in [0, 0.1) is 28.9 Å². The van der Waals surface area contributed by atoms with Crippen LogP contribution in [0.2, 0.25) is 0 Å². The lowest BCUT2D eigenvalue weighted by atomic mass is 9.98. The Balaban J connectivity index is 2.91. The second kappa shape index (κ2) is 6.61. The number of nitrogens with one attached hydrogen (secondary N) is 1. The first kappa shape index (κ1) is 15.6. The highest BCUT2D eigenvalue weighted by molar-refractivity contribution is 5.97. The summed E-state index contributed by atoms with van der Waals surface area (Å²) in [6.07, 6.45) is -0.000212. The van der Waals surface area contributed by atoms with E-state index in [1.165, 1.54) is 0 Å². The van der Waals surface area contributed by atoms with Crippen molar-refractivity contribution in [2.45, 2.75) is 19.4 Å². The molecule has 1 aromatic rings. The van der Waals surface area contributed by atoms with E-state index in [-0.39, 0.29) is 6.42 Å². The lowest BCUT2D eigenvalue weighted by Crippen LogP contribution is -2.48. The summed E-state index contributed by atoms with van der Waals surface area (Å²) in [7, 11) is 0. The van der Waals surface area contributed by atoms with Gasteiger partial charge in [-0.25, -0.2) is 8.78 Å². The normalized spacial score (nSPS) is 13.1. The van der Waals surface area contributed by atoms with Crippen LogP contribution in [0.4, 0.5) is 8.78 Å². The number of nitrogens with two attached hydrogens (primary N) is 1. The third-order valence-electron chi connectivity index (χ3n) is 2.75. The Morgan fingerprint density at radius 3 is 2.60 bits per heavy atom. The molecule has 0 aromatic heterocycles. The van der Waals surface area contributed by atoms with Crippen LogP contribution in [-0.4, -0.2) is 17.9 Å². The molecule has 7 heteroatoms. The van der Waals surface area contributed by atoms with Gasteiger partial charge in [-0.2, -0.15) is 5.26 Å². The summed E-state index contributed by atoms with van der Waals surface area (Å²) in [6, 6.07) is 3.20. The van der Waals surface area contributed by atoms with Crippen molar-refractivity contribution < 1.29 is 18.4 Å². The van der Waals surface area contributed by atoms with Crippen LogP contribution in [0.1, 0.15) is 23.7 Å². The average molecular weight is 281 g/mol. The van der Waals surface area contributed by atoms with E-state index in [0.717, 1.165) is 12.1 Å². The van der Waals surface area contributed by atoms with Gasteiger partial charge in [0, 0.05) is 12.5 Å². The first-order valence-electron chi connectivity index (χ1n) is 5.79. The summed E-state index contributed by atoms with van der Waals surface area (Å²) >= 11 is 0. The first-order chi connectivity index (χ1) is 9.36. The molecule has 0 heterocycles. The number of hydrogen-bond acceptors (Lipinski definition) is 3. The van der Waals surface area contributed by atoms with Crippen LogP contribution >= 0.6 is 0 Å². The molecule has 0 bridgehead atoms. The Kier molecular flexibility index (Phi) is 5.15. The zero-order chi connectivity index (χ0) is 15.3. The maximum Gasteiger partial charge on any atom is 0.254 e. The fourth-order valence-corrected chi connectivity index (χ4v) is 1.65. The number of halogens is 2. The molecule has 1 rings (SSSR count). The molecule has 0 aliphatic rings. The van der Waals surface area contributed by atoms with Crippen molar-refractivity contribution in [2.75, 3.05) is 0 Å². The maximum atomic E-state index is 13.4. The van der Waals surface area contributed by atoms with Crippen LogP contribution in [0.25, 0.3) is 0 Å². The van der Waals surface area contributed by atoms with E-state index in [1.54, 1.807) is 6.92 Å². The first-order valence-corrected chi connectivity index (χ1v) is 5.79. The average Bonchev–Trinajstić information content (AvgIpc) is 2.35. The monoisotopic (exact) mass is 281 g/mol. The van der Waals surface area contributed by atoms with Gasteiger partial charge >= 0.3 is 0 Å². The molecule has 0 saturated carbocycles. The van der Waals surface area contributed by atoms with Crippen LogP contribution in [0.15, 0.2) is 18.2 Å². The molecular formula is C13H13F2N3O2. The van der Waals surface area contributed by atoms with Gasteiger partial charge in [0.05, 0.1) is 11.6 Å². The summed E-state index contributed by atoms with van der Waals surface area (Å²) < 4.78 is 26.2. The number of benzene rings is 1. The van der Waals surface area contributed by atoms with E-state index < -0.39 is 41.0 Å². The van der Waals surface area contributed by atoms with Crippen molar-refractivity contribution in [3.8, 4) is 6.07 Å². The molecule has 0 aliphatic heterocycles. The Morgan fingerprint density at radius 1 is 1.45 bits per heavy atom. The summed E-state index contributed by atoms with van der Waals surface area (Å²) in [4.78, 5) is 23.1. The second-order valence-corrected chi connectivity index (χ2v) is 4.32. The molecule has 0 spiro atoms. The highest BCUT2D eigenvalue weighted by atomic mass is 19.1. The lowest BCUT2D eigenvalue weighted by Gasteiger charge is -2.20. The zero-order valence-corrected chi connectivity index (χ0v) is 10.7. The molecule has 5 nitrogen and oxygen atoms in total. The fraction of sp³-hybridized carbons (Fsp3) is 0.308. The van der Waals surface area contributed by atoms with E-state index in [4.69, 9.17) is 11.0 Å². The van der Waals surface area contributed by atoms with Gasteiger partial charge in [-0.1, -0.05) is 6.92 Å². The highest BCUT2D eigenvalue weighted by Crippen LogP contribution is 2.12. The highest BCUT2D eigenvalue weighted by Gasteiger charge is 2.26. The Labute approximate surface area is 114 Å². The molecule has 3 N–H and O–H groups in total. The summed E-state index contributed by atoms with van der Waals surface area (Å²) in [5.74, 6) is -4.10. The van der Waals surface area contributed by atoms with Crippen LogP contribution in [0.3, 0.4) is 0 Å². The van der Waals surface area contributed by atoms with Gasteiger partial charge in [-0.3, -0.25) is 9.59 Å². The molecule has 106 valence electrons. The van der Waals surface area contributed by atoms with Crippen LogP contribution < -0.4 is 11.1 Å². The molecular weight excluding hydrogens is 268 g/mol. The Bertz CT molecular complexity index is 569. The molecule has 0 saturated heterocycles. The minimum Gasteiger partial charge on any atom is -0.368 e. The molecule has 0 fully saturated rings. The molecule has 0 unspecified atom stereocenters. The summed E-state index contributed by atoms with van der Waals surface area (Å²) in [6.45, 7) is 1.56. The number of hydrogen-bond donors (Lipinski definition) is 2. The number of carbonyl (C=O) groups excluding carboxylic acids is 2. The quantitative estimate of drug-likeness (QED) is 0.845. The molecule has 0 aliphatic carbocycles. The third-order valence-corrected chi connectivity index (χ3v) is 2.75. The number of nitrogens with zero attached hydrogens (tertiary/aromatic N) is 1. The van der Waals surface area contributed by atoms with Crippen LogP contribution in [-0.2, 0) is 4.79 Å². The van der Waals surface area contributed by atoms with Crippen molar-refractivity contribution in [1.82, 2.24) is 5.32 Å². The molecule has 20 heavy (non-hydrogen) atoms. The molecule has 1 aromatic carbocycles. The van der Waals surface area contributed by atoms with Gasteiger partial charge in [-0.05, 0) is 18.1 Å². The van der Waals surface area contributed by atoms with Crippen molar-refractivity contribution in [2.24, 2.45) is 11.7 Å². The van der Waals surface area contributed by atoms with E-state index in [0.29, 0.717) is 6.07 Å². The van der Waals surface area contributed by atoms with Crippen molar-refractivity contribution in [1.29, 1.82) is 5.26 Å². The third kappa shape index (κ3) is 3.75. The zero-order valence-electron chi connectivity index (χ0n) is 10.7. The SMILES string of the molecule is C[C@H](CC#N)[C@@H](NC(=O)c1ccc(F)cc1F)C(N)=O. The van der Waals surface area contributed by atoms with E-state index in [9.17, 15) is 18.4 Å². The fourth-order valence-electron chi connectivity index (χ4n) is 1.65. The minimum absolute atomic E-state index is 0.000212. The van der Waals surface area contributed by atoms with Gasteiger partial charge < -0.3 is 11.1 Å². The van der Waals surface area contributed by atoms with Gasteiger partial charge in [0.1, 0.15) is 17.7 Å². The van der Waals surface area contributed by atoms with Gasteiger partial charge in [0.25, 0.3) is 5.91 Å². The molecule has 0 radical (unpaired) electrons. The Hall–Kier alpha value is -2.49. The Morgan fingerprint density at radius 2 is 2.10 bits per heavy atom. The summed E-state index contributed by atoms with van der Waals surface area (Å²) in [5, 5.41) is 10.8. The second-order valence-electron chi connectivity index (χ2n) is 4.32. The van der Waals surface area contributed by atoms with E-state index in [1.807, 2.05) is 6.07 Å². The summed E-state index contributed by atoms with van der Waals surface area (Å²) in [5.41, 5.74) is 4.74. The van der Waals surface area contributed by atoms with Crippen LogP contribution in [0.5, 0.6) is 0 Å². The number of primary amides is 1. The molecule has 2 amide bonds. The minimum atomic E-state index is -1.10. The van der Waals surface area contributed by atoms with Gasteiger partial charge in [-0.15, -0.1) is 0 Å². The lowest BCUT2D eigenvalue weighted by molar-refractivity contribution is -0.120. The van der Waals surface area contributed by atoms with E-state index >= 15 is 0 Å². The standard InChI is InChI=1S/C13H13F2N3O2/c1-7(4-5-16)11(12(17)19)18-13(20)9-3-2-8(14)6-10(9)15/h2-3,6-7,11H,4H2,1H3,(H2,17,19)(H,18,20)/t7-,11-/m1/s1. The number of nitriles is 1. The van der Waals surface area contributed by atoms with Crippen molar-refractivity contribution in [3.63, 3.8) is 0 Å². The molecule has 2 atom stereocenters. The smallest absolute Gasteiger partial charge is 0.254 e. The topological polar surface area (TPSA) is 96.0 Å².